The number of nitrogens with zero attached hydrogens (tertiary/aromatic N) is 1. The maximum absolute atomic E-state index is 12.7. The van der Waals surface area contributed by atoms with E-state index >= 15 is 0 Å². The number of carbonyl (C=O) groups excluding carboxylic acids is 2. The van der Waals surface area contributed by atoms with Crippen LogP contribution in [0.5, 0.6) is 0 Å². The monoisotopic (exact) mass is 441 g/mol. The SMILES string of the molecule is CCN(c1ccc(C(=O)Nc2ccccc2C(=O)NCc2ccco2)cc1)S(C)(=O)=O. The van der Waals surface area contributed by atoms with E-state index in [0.717, 1.165) is 6.26 Å². The number of hydrogen-bond acceptors (Lipinski definition) is 5. The molecule has 162 valence electrons. The largest absolute Gasteiger partial charge is 0.467 e. The van der Waals surface area contributed by atoms with Crippen LogP contribution in [0.2, 0.25) is 0 Å². The summed E-state index contributed by atoms with van der Waals surface area (Å²) in [5, 5.41) is 5.49. The van der Waals surface area contributed by atoms with E-state index in [0.29, 0.717) is 28.3 Å². The van der Waals surface area contributed by atoms with Gasteiger partial charge in [0.25, 0.3) is 11.8 Å². The molecule has 3 aromatic rings. The van der Waals surface area contributed by atoms with Gasteiger partial charge < -0.3 is 15.1 Å². The fraction of sp³-hybridized carbons (Fsp3) is 0.182. The topological polar surface area (TPSA) is 109 Å². The predicted octanol–water partition coefficient (Wildman–Crippen LogP) is 3.25. The highest BCUT2D eigenvalue weighted by molar-refractivity contribution is 7.92. The van der Waals surface area contributed by atoms with Crippen molar-refractivity contribution >= 4 is 33.2 Å². The summed E-state index contributed by atoms with van der Waals surface area (Å²) < 4.78 is 30.2. The molecule has 3 rings (SSSR count). The summed E-state index contributed by atoms with van der Waals surface area (Å²) in [6, 6.07) is 16.4. The van der Waals surface area contributed by atoms with Crippen molar-refractivity contribution in [3.8, 4) is 0 Å². The van der Waals surface area contributed by atoms with E-state index in [1.165, 1.54) is 22.7 Å². The van der Waals surface area contributed by atoms with Gasteiger partial charge in [0, 0.05) is 12.1 Å². The molecule has 0 aliphatic carbocycles. The van der Waals surface area contributed by atoms with Crippen LogP contribution in [0.1, 0.15) is 33.4 Å². The number of rotatable bonds is 8. The molecule has 2 aromatic carbocycles. The van der Waals surface area contributed by atoms with Crippen molar-refractivity contribution < 1.29 is 22.4 Å². The third-order valence-electron chi connectivity index (χ3n) is 4.53. The third-order valence-corrected chi connectivity index (χ3v) is 5.80. The van der Waals surface area contributed by atoms with Crippen molar-refractivity contribution in [2.75, 3.05) is 22.4 Å². The first kappa shape index (κ1) is 22.1. The van der Waals surface area contributed by atoms with Crippen molar-refractivity contribution in [3.05, 3.63) is 83.8 Å². The van der Waals surface area contributed by atoms with Gasteiger partial charge in [-0.25, -0.2) is 8.42 Å². The van der Waals surface area contributed by atoms with Gasteiger partial charge in [0.1, 0.15) is 5.76 Å². The Morgan fingerprint density at radius 2 is 1.68 bits per heavy atom. The molecule has 0 unspecified atom stereocenters. The number of para-hydroxylation sites is 1. The Hall–Kier alpha value is -3.59. The van der Waals surface area contributed by atoms with Crippen LogP contribution in [0, 0.1) is 0 Å². The molecular formula is C22H23N3O5S. The fourth-order valence-electron chi connectivity index (χ4n) is 3.05. The third kappa shape index (κ3) is 5.52. The van der Waals surface area contributed by atoms with Crippen LogP contribution in [0.15, 0.2) is 71.3 Å². The smallest absolute Gasteiger partial charge is 0.255 e. The molecular weight excluding hydrogens is 418 g/mol. The molecule has 0 radical (unpaired) electrons. The Morgan fingerprint density at radius 1 is 0.968 bits per heavy atom. The summed E-state index contributed by atoms with van der Waals surface area (Å²) in [5.74, 6) is -0.153. The molecule has 0 spiro atoms. The summed E-state index contributed by atoms with van der Waals surface area (Å²) in [5.41, 5.74) is 1.48. The van der Waals surface area contributed by atoms with E-state index in [9.17, 15) is 18.0 Å². The Labute approximate surface area is 180 Å². The van der Waals surface area contributed by atoms with Gasteiger partial charge >= 0.3 is 0 Å². The quantitative estimate of drug-likeness (QED) is 0.558. The van der Waals surface area contributed by atoms with Crippen LogP contribution < -0.4 is 14.9 Å². The molecule has 8 nitrogen and oxygen atoms in total. The van der Waals surface area contributed by atoms with Gasteiger partial charge in [0.15, 0.2) is 0 Å². The van der Waals surface area contributed by atoms with Crippen LogP contribution in [0.4, 0.5) is 11.4 Å². The van der Waals surface area contributed by atoms with E-state index in [1.807, 2.05) is 0 Å². The lowest BCUT2D eigenvalue weighted by molar-refractivity contribution is 0.0949. The molecule has 0 atom stereocenters. The molecule has 0 fully saturated rings. The molecule has 0 aliphatic heterocycles. The van der Waals surface area contributed by atoms with Gasteiger partial charge in [-0.1, -0.05) is 12.1 Å². The lowest BCUT2D eigenvalue weighted by Gasteiger charge is -2.20. The number of furan rings is 1. The maximum atomic E-state index is 12.7. The molecule has 1 aromatic heterocycles. The lowest BCUT2D eigenvalue weighted by atomic mass is 10.1. The molecule has 0 aliphatic rings. The molecule has 0 bridgehead atoms. The fourth-order valence-corrected chi connectivity index (χ4v) is 4.02. The van der Waals surface area contributed by atoms with E-state index in [4.69, 9.17) is 4.42 Å². The molecule has 2 amide bonds. The second-order valence-corrected chi connectivity index (χ2v) is 8.64. The lowest BCUT2D eigenvalue weighted by Crippen LogP contribution is -2.29. The maximum Gasteiger partial charge on any atom is 0.255 e. The van der Waals surface area contributed by atoms with Crippen molar-refractivity contribution in [2.24, 2.45) is 0 Å². The van der Waals surface area contributed by atoms with E-state index in [2.05, 4.69) is 10.6 Å². The Balaban J connectivity index is 1.72. The van der Waals surface area contributed by atoms with E-state index in [1.54, 1.807) is 55.5 Å². The Bertz CT molecular complexity index is 1160. The molecule has 31 heavy (non-hydrogen) atoms. The number of anilines is 2. The van der Waals surface area contributed by atoms with Gasteiger partial charge in [-0.3, -0.25) is 13.9 Å². The van der Waals surface area contributed by atoms with Crippen molar-refractivity contribution in [2.45, 2.75) is 13.5 Å². The second-order valence-electron chi connectivity index (χ2n) is 6.74. The zero-order chi connectivity index (χ0) is 22.4. The number of nitrogens with one attached hydrogen (secondary N) is 2. The predicted molar refractivity (Wildman–Crippen MR) is 119 cm³/mol. The minimum Gasteiger partial charge on any atom is -0.467 e. The normalized spacial score (nSPS) is 11.0. The number of hydrogen-bond donors (Lipinski definition) is 2. The first-order valence-electron chi connectivity index (χ1n) is 9.58. The summed E-state index contributed by atoms with van der Waals surface area (Å²) in [4.78, 5) is 25.3. The van der Waals surface area contributed by atoms with Crippen molar-refractivity contribution in [3.63, 3.8) is 0 Å². The molecule has 0 saturated heterocycles. The van der Waals surface area contributed by atoms with Crippen LogP contribution in [-0.4, -0.2) is 33.0 Å². The highest BCUT2D eigenvalue weighted by Gasteiger charge is 2.17. The molecule has 0 saturated carbocycles. The molecule has 2 N–H and O–H groups in total. The standard InChI is InChI=1S/C22H23N3O5S/c1-3-25(31(2,28)29)17-12-10-16(11-13-17)21(26)24-20-9-5-4-8-19(20)22(27)23-15-18-7-6-14-30-18/h4-14H,3,15H2,1-2H3,(H,23,27)(H,24,26). The highest BCUT2D eigenvalue weighted by Crippen LogP contribution is 2.20. The average molecular weight is 442 g/mol. The number of amides is 2. The summed E-state index contributed by atoms with van der Waals surface area (Å²) in [6.45, 7) is 2.24. The minimum absolute atomic E-state index is 0.226. The van der Waals surface area contributed by atoms with Gasteiger partial charge in [0.2, 0.25) is 10.0 Å². The second kappa shape index (κ2) is 9.48. The first-order chi connectivity index (χ1) is 14.8. The van der Waals surface area contributed by atoms with Crippen LogP contribution >= 0.6 is 0 Å². The Kier molecular flexibility index (Phi) is 6.76. The first-order valence-corrected chi connectivity index (χ1v) is 11.4. The zero-order valence-corrected chi connectivity index (χ0v) is 18.0. The minimum atomic E-state index is -3.41. The van der Waals surface area contributed by atoms with Crippen molar-refractivity contribution in [1.82, 2.24) is 5.32 Å². The highest BCUT2D eigenvalue weighted by atomic mass is 32.2. The summed E-state index contributed by atoms with van der Waals surface area (Å²) in [7, 11) is -3.41. The van der Waals surface area contributed by atoms with Gasteiger partial charge in [-0.2, -0.15) is 0 Å². The van der Waals surface area contributed by atoms with E-state index in [-0.39, 0.29) is 19.0 Å². The van der Waals surface area contributed by atoms with Crippen molar-refractivity contribution in [1.29, 1.82) is 0 Å². The zero-order valence-electron chi connectivity index (χ0n) is 17.2. The molecule has 1 heterocycles. The number of carbonyl (C=O) groups is 2. The van der Waals surface area contributed by atoms with Crippen LogP contribution in [0.25, 0.3) is 0 Å². The Morgan fingerprint density at radius 3 is 2.29 bits per heavy atom. The molecule has 9 heteroatoms. The number of benzene rings is 2. The van der Waals surface area contributed by atoms with Gasteiger partial charge in [-0.05, 0) is 55.5 Å². The van der Waals surface area contributed by atoms with Gasteiger partial charge in [0.05, 0.1) is 36.0 Å². The summed E-state index contributed by atoms with van der Waals surface area (Å²) in [6.07, 6.45) is 2.65. The van der Waals surface area contributed by atoms with E-state index < -0.39 is 15.9 Å². The average Bonchev–Trinajstić information content (AvgIpc) is 3.26. The van der Waals surface area contributed by atoms with Gasteiger partial charge in [-0.15, -0.1) is 0 Å². The van der Waals surface area contributed by atoms with Crippen LogP contribution in [-0.2, 0) is 16.6 Å². The number of sulfonamides is 1. The van der Waals surface area contributed by atoms with Crippen LogP contribution in [0.3, 0.4) is 0 Å². The summed E-state index contributed by atoms with van der Waals surface area (Å²) >= 11 is 0.